The predicted molar refractivity (Wildman–Crippen MR) is 126 cm³/mol. The standard InChI is InChI=1S/C23H27ClN4O2S/c1-16(2)14-25-22(29)18-9-5-4-8-17(18)15-31-23-27-26-21(28(23)12-13-30-3)19-10-6-7-11-20(19)24/h4-11,16H,12-15H2,1-3H3,(H,25,29). The highest BCUT2D eigenvalue weighted by Crippen LogP contribution is 2.30. The van der Waals surface area contributed by atoms with Crippen LogP contribution in [0.15, 0.2) is 53.7 Å². The number of rotatable bonds is 10. The van der Waals surface area contributed by atoms with Gasteiger partial charge in [0.1, 0.15) is 0 Å². The first-order chi connectivity index (χ1) is 15.0. The molecular weight excluding hydrogens is 432 g/mol. The lowest BCUT2D eigenvalue weighted by atomic mass is 10.1. The summed E-state index contributed by atoms with van der Waals surface area (Å²) in [6, 6.07) is 15.2. The van der Waals surface area contributed by atoms with E-state index < -0.39 is 0 Å². The number of thioether (sulfide) groups is 1. The molecule has 0 radical (unpaired) electrons. The molecule has 0 fully saturated rings. The summed E-state index contributed by atoms with van der Waals surface area (Å²) in [6.07, 6.45) is 0. The molecule has 6 nitrogen and oxygen atoms in total. The first-order valence-corrected chi connectivity index (χ1v) is 11.5. The zero-order chi connectivity index (χ0) is 22.2. The number of nitrogens with zero attached hydrogens (tertiary/aromatic N) is 3. The molecule has 0 spiro atoms. The summed E-state index contributed by atoms with van der Waals surface area (Å²) in [4.78, 5) is 12.6. The molecule has 0 aliphatic carbocycles. The van der Waals surface area contributed by atoms with Crippen LogP contribution in [0.3, 0.4) is 0 Å². The van der Waals surface area contributed by atoms with E-state index in [2.05, 4.69) is 29.4 Å². The number of amides is 1. The predicted octanol–water partition coefficient (Wildman–Crippen LogP) is 4.92. The minimum Gasteiger partial charge on any atom is -0.383 e. The molecule has 31 heavy (non-hydrogen) atoms. The normalized spacial score (nSPS) is 11.1. The van der Waals surface area contributed by atoms with E-state index in [4.69, 9.17) is 16.3 Å². The summed E-state index contributed by atoms with van der Waals surface area (Å²) in [5.41, 5.74) is 2.47. The first kappa shape index (κ1) is 23.3. The summed E-state index contributed by atoms with van der Waals surface area (Å²) in [6.45, 7) is 5.92. The SMILES string of the molecule is COCCn1c(SCc2ccccc2C(=O)NCC(C)C)nnc1-c1ccccc1Cl. The average Bonchev–Trinajstić information content (AvgIpc) is 3.17. The van der Waals surface area contributed by atoms with Crippen molar-refractivity contribution in [1.29, 1.82) is 0 Å². The fraction of sp³-hybridized carbons (Fsp3) is 0.348. The van der Waals surface area contributed by atoms with Gasteiger partial charge >= 0.3 is 0 Å². The van der Waals surface area contributed by atoms with Crippen LogP contribution in [0.25, 0.3) is 11.4 Å². The van der Waals surface area contributed by atoms with Crippen molar-refractivity contribution in [2.45, 2.75) is 31.3 Å². The number of halogens is 1. The average molecular weight is 459 g/mol. The Bertz CT molecular complexity index is 1020. The van der Waals surface area contributed by atoms with E-state index in [-0.39, 0.29) is 5.91 Å². The van der Waals surface area contributed by atoms with Gasteiger partial charge in [0, 0.05) is 30.5 Å². The number of ether oxygens (including phenoxy) is 1. The lowest BCUT2D eigenvalue weighted by Crippen LogP contribution is -2.28. The Labute approximate surface area is 192 Å². The van der Waals surface area contributed by atoms with Crippen molar-refractivity contribution >= 4 is 29.3 Å². The Morgan fingerprint density at radius 2 is 1.90 bits per heavy atom. The highest BCUT2D eigenvalue weighted by atomic mass is 35.5. The zero-order valence-corrected chi connectivity index (χ0v) is 19.5. The van der Waals surface area contributed by atoms with Crippen molar-refractivity contribution in [3.05, 3.63) is 64.7 Å². The van der Waals surface area contributed by atoms with E-state index in [1.54, 1.807) is 7.11 Å². The molecule has 0 aliphatic heterocycles. The Kier molecular flexibility index (Phi) is 8.51. The van der Waals surface area contributed by atoms with Gasteiger partial charge in [0.05, 0.1) is 18.2 Å². The summed E-state index contributed by atoms with van der Waals surface area (Å²) in [5, 5.41) is 13.2. The molecule has 0 saturated carbocycles. The maximum Gasteiger partial charge on any atom is 0.251 e. The topological polar surface area (TPSA) is 69.0 Å². The van der Waals surface area contributed by atoms with Crippen molar-refractivity contribution in [2.75, 3.05) is 20.3 Å². The molecule has 0 bridgehead atoms. The lowest BCUT2D eigenvalue weighted by molar-refractivity contribution is 0.0948. The smallest absolute Gasteiger partial charge is 0.251 e. The van der Waals surface area contributed by atoms with Crippen LogP contribution in [-0.4, -0.2) is 40.9 Å². The van der Waals surface area contributed by atoms with Crippen molar-refractivity contribution in [1.82, 2.24) is 20.1 Å². The number of methoxy groups -OCH3 is 1. The fourth-order valence-corrected chi connectivity index (χ4v) is 4.21. The maximum atomic E-state index is 12.6. The Morgan fingerprint density at radius 1 is 1.16 bits per heavy atom. The first-order valence-electron chi connectivity index (χ1n) is 10.2. The third kappa shape index (κ3) is 6.09. The second kappa shape index (κ2) is 11.3. The van der Waals surface area contributed by atoms with Gasteiger partial charge in [0.15, 0.2) is 11.0 Å². The second-order valence-corrected chi connectivity index (χ2v) is 8.83. The van der Waals surface area contributed by atoms with E-state index >= 15 is 0 Å². The summed E-state index contributed by atoms with van der Waals surface area (Å²) in [5.74, 6) is 1.64. The summed E-state index contributed by atoms with van der Waals surface area (Å²) < 4.78 is 7.29. The monoisotopic (exact) mass is 458 g/mol. The molecule has 8 heteroatoms. The Hall–Kier alpha value is -2.35. The molecule has 0 atom stereocenters. The number of hydrogen-bond acceptors (Lipinski definition) is 5. The molecule has 0 aliphatic rings. The fourth-order valence-electron chi connectivity index (χ4n) is 3.02. The van der Waals surface area contributed by atoms with Crippen molar-refractivity contribution in [3.8, 4) is 11.4 Å². The number of nitrogens with one attached hydrogen (secondary N) is 1. The van der Waals surface area contributed by atoms with E-state index in [1.165, 1.54) is 11.8 Å². The number of carbonyl (C=O) groups excluding carboxylic acids is 1. The van der Waals surface area contributed by atoms with Crippen LogP contribution in [-0.2, 0) is 17.0 Å². The molecule has 3 rings (SSSR count). The lowest BCUT2D eigenvalue weighted by Gasteiger charge is -2.13. The minimum absolute atomic E-state index is 0.0532. The molecule has 3 aromatic rings. The largest absolute Gasteiger partial charge is 0.383 e. The van der Waals surface area contributed by atoms with Gasteiger partial charge in [-0.05, 0) is 29.7 Å². The van der Waals surface area contributed by atoms with Gasteiger partial charge in [-0.15, -0.1) is 10.2 Å². The van der Waals surface area contributed by atoms with E-state index in [9.17, 15) is 4.79 Å². The van der Waals surface area contributed by atoms with Crippen molar-refractivity contribution in [2.24, 2.45) is 5.92 Å². The molecule has 0 unspecified atom stereocenters. The van der Waals surface area contributed by atoms with Gasteiger partial charge in [-0.2, -0.15) is 0 Å². The highest BCUT2D eigenvalue weighted by molar-refractivity contribution is 7.98. The van der Waals surface area contributed by atoms with Crippen LogP contribution < -0.4 is 5.32 Å². The minimum atomic E-state index is -0.0532. The number of hydrogen-bond donors (Lipinski definition) is 1. The van der Waals surface area contributed by atoms with Gasteiger partial charge in [-0.1, -0.05) is 67.5 Å². The molecule has 164 valence electrons. The second-order valence-electron chi connectivity index (χ2n) is 7.48. The number of carbonyl (C=O) groups is 1. The van der Waals surface area contributed by atoms with Crippen LogP contribution in [0.5, 0.6) is 0 Å². The number of benzene rings is 2. The van der Waals surface area contributed by atoms with E-state index in [0.717, 1.165) is 16.3 Å². The number of aromatic nitrogens is 3. The Balaban J connectivity index is 1.83. The van der Waals surface area contributed by atoms with Crippen LogP contribution in [0, 0.1) is 5.92 Å². The van der Waals surface area contributed by atoms with Gasteiger partial charge < -0.3 is 10.1 Å². The molecular formula is C23H27ClN4O2S. The van der Waals surface area contributed by atoms with Gasteiger partial charge in [0.25, 0.3) is 5.91 Å². The third-order valence-electron chi connectivity index (χ3n) is 4.64. The van der Waals surface area contributed by atoms with Crippen LogP contribution in [0.2, 0.25) is 5.02 Å². The van der Waals surface area contributed by atoms with E-state index in [1.807, 2.05) is 53.1 Å². The maximum absolute atomic E-state index is 12.6. The van der Waals surface area contributed by atoms with Gasteiger partial charge in [-0.25, -0.2) is 0 Å². The molecule has 1 aromatic heterocycles. The third-order valence-corrected chi connectivity index (χ3v) is 5.99. The van der Waals surface area contributed by atoms with Gasteiger partial charge in [-0.3, -0.25) is 9.36 Å². The van der Waals surface area contributed by atoms with Gasteiger partial charge in [0.2, 0.25) is 0 Å². The zero-order valence-electron chi connectivity index (χ0n) is 18.0. The highest BCUT2D eigenvalue weighted by Gasteiger charge is 2.18. The quantitative estimate of drug-likeness (QED) is 0.436. The van der Waals surface area contributed by atoms with Crippen LogP contribution in [0.1, 0.15) is 29.8 Å². The van der Waals surface area contributed by atoms with Crippen molar-refractivity contribution < 1.29 is 9.53 Å². The Morgan fingerprint density at radius 3 is 2.65 bits per heavy atom. The molecule has 1 N–H and O–H groups in total. The van der Waals surface area contributed by atoms with Crippen molar-refractivity contribution in [3.63, 3.8) is 0 Å². The van der Waals surface area contributed by atoms with E-state index in [0.29, 0.717) is 47.8 Å². The molecule has 0 saturated heterocycles. The molecule has 2 aromatic carbocycles. The molecule has 1 amide bonds. The summed E-state index contributed by atoms with van der Waals surface area (Å²) >= 11 is 7.93. The van der Waals surface area contributed by atoms with Crippen LogP contribution in [0.4, 0.5) is 0 Å². The van der Waals surface area contributed by atoms with Crippen LogP contribution >= 0.6 is 23.4 Å². The summed E-state index contributed by atoms with van der Waals surface area (Å²) in [7, 11) is 1.67. The molecule has 1 heterocycles.